The second kappa shape index (κ2) is 10.9. The van der Waals surface area contributed by atoms with Crippen LogP contribution in [0.5, 0.6) is 17.2 Å². The van der Waals surface area contributed by atoms with Crippen molar-refractivity contribution in [3.05, 3.63) is 53.6 Å². The maximum atomic E-state index is 5.45. The third kappa shape index (κ3) is 5.82. The maximum absolute atomic E-state index is 5.45. The number of nitrogens with one attached hydrogen (secondary N) is 2. The molecule has 1 aliphatic rings. The molecule has 0 aromatic heterocycles. The van der Waals surface area contributed by atoms with Crippen molar-refractivity contribution in [2.75, 3.05) is 34.9 Å². The van der Waals surface area contributed by atoms with E-state index >= 15 is 0 Å². The van der Waals surface area contributed by atoms with Crippen LogP contribution < -0.4 is 24.8 Å². The smallest absolute Gasteiger partial charge is 0.203 e. The molecule has 2 N–H and O–H groups in total. The molecule has 31 heavy (non-hydrogen) atoms. The van der Waals surface area contributed by atoms with E-state index in [1.54, 1.807) is 28.4 Å². The lowest BCUT2D eigenvalue weighted by atomic mass is 10.1. The summed E-state index contributed by atoms with van der Waals surface area (Å²) in [4.78, 5) is 6.92. The summed E-state index contributed by atoms with van der Waals surface area (Å²) < 4.78 is 16.3. The highest BCUT2D eigenvalue weighted by molar-refractivity contribution is 5.80. The molecule has 2 unspecified atom stereocenters. The third-order valence-electron chi connectivity index (χ3n) is 5.68. The summed E-state index contributed by atoms with van der Waals surface area (Å²) in [5, 5.41) is 6.97. The van der Waals surface area contributed by atoms with Crippen LogP contribution in [0.4, 0.5) is 0 Å². The van der Waals surface area contributed by atoms with E-state index in [-0.39, 0.29) is 0 Å². The summed E-state index contributed by atoms with van der Waals surface area (Å²) in [6, 6.07) is 15.4. The number of likely N-dealkylation sites (tertiary alicyclic amines) is 1. The van der Waals surface area contributed by atoms with Crippen molar-refractivity contribution < 1.29 is 14.2 Å². The average Bonchev–Trinajstić information content (AvgIpc) is 3.14. The first-order valence-corrected chi connectivity index (χ1v) is 10.6. The van der Waals surface area contributed by atoms with Crippen molar-refractivity contribution in [1.82, 2.24) is 15.5 Å². The average molecular weight is 427 g/mol. The summed E-state index contributed by atoms with van der Waals surface area (Å²) in [5.74, 6) is 2.66. The molecule has 7 nitrogen and oxygen atoms in total. The topological polar surface area (TPSA) is 67.4 Å². The monoisotopic (exact) mass is 426 g/mol. The molecule has 1 saturated heterocycles. The summed E-state index contributed by atoms with van der Waals surface area (Å²) in [7, 11) is 6.65. The Morgan fingerprint density at radius 1 is 1.03 bits per heavy atom. The zero-order chi connectivity index (χ0) is 22.2. The van der Waals surface area contributed by atoms with Crippen molar-refractivity contribution in [3.63, 3.8) is 0 Å². The van der Waals surface area contributed by atoms with Crippen LogP contribution in [0.25, 0.3) is 0 Å². The normalized spacial score (nSPS) is 19.2. The van der Waals surface area contributed by atoms with Crippen molar-refractivity contribution in [3.8, 4) is 17.2 Å². The Labute approximate surface area is 185 Å². The Morgan fingerprint density at radius 2 is 1.71 bits per heavy atom. The van der Waals surface area contributed by atoms with E-state index in [4.69, 9.17) is 14.2 Å². The molecular weight excluding hydrogens is 392 g/mol. The first-order valence-electron chi connectivity index (χ1n) is 10.6. The van der Waals surface area contributed by atoms with Gasteiger partial charge in [-0.15, -0.1) is 0 Å². The van der Waals surface area contributed by atoms with Gasteiger partial charge < -0.3 is 24.8 Å². The first-order chi connectivity index (χ1) is 15.1. The zero-order valence-corrected chi connectivity index (χ0v) is 19.1. The van der Waals surface area contributed by atoms with Crippen LogP contribution in [0.3, 0.4) is 0 Å². The number of benzene rings is 2. The minimum atomic E-state index is 0.352. The predicted octanol–water partition coefficient (Wildman–Crippen LogP) is 3.04. The van der Waals surface area contributed by atoms with Gasteiger partial charge in [-0.25, -0.2) is 0 Å². The minimum Gasteiger partial charge on any atom is -0.493 e. The van der Waals surface area contributed by atoms with E-state index in [1.807, 2.05) is 12.1 Å². The summed E-state index contributed by atoms with van der Waals surface area (Å²) in [6.45, 7) is 4.84. The van der Waals surface area contributed by atoms with Crippen molar-refractivity contribution in [2.45, 2.75) is 38.5 Å². The van der Waals surface area contributed by atoms with E-state index < -0.39 is 0 Å². The van der Waals surface area contributed by atoms with E-state index in [2.05, 4.69) is 57.8 Å². The van der Waals surface area contributed by atoms with Gasteiger partial charge in [0.25, 0.3) is 0 Å². The lowest BCUT2D eigenvalue weighted by molar-refractivity contribution is 0.258. The number of nitrogens with zero attached hydrogens (tertiary/aromatic N) is 2. The quantitative estimate of drug-likeness (QED) is 0.500. The number of hydrogen-bond donors (Lipinski definition) is 2. The Kier molecular flexibility index (Phi) is 8.00. The molecule has 1 heterocycles. The van der Waals surface area contributed by atoms with Crippen LogP contribution in [0.15, 0.2) is 47.5 Å². The molecule has 2 aromatic rings. The Morgan fingerprint density at radius 3 is 2.29 bits per heavy atom. The molecule has 1 fully saturated rings. The highest BCUT2D eigenvalue weighted by atomic mass is 16.5. The molecule has 7 heteroatoms. The van der Waals surface area contributed by atoms with Crippen LogP contribution in [-0.4, -0.2) is 57.9 Å². The molecule has 1 aliphatic heterocycles. The van der Waals surface area contributed by atoms with E-state index in [0.29, 0.717) is 35.9 Å². The molecular formula is C24H34N4O3. The Balaban J connectivity index is 1.58. The van der Waals surface area contributed by atoms with Gasteiger partial charge in [0.2, 0.25) is 5.75 Å². The molecule has 2 aromatic carbocycles. The van der Waals surface area contributed by atoms with Crippen molar-refractivity contribution in [1.29, 1.82) is 0 Å². The van der Waals surface area contributed by atoms with Gasteiger partial charge in [-0.2, -0.15) is 0 Å². The number of aliphatic imine (C=N–C) groups is 1. The first kappa shape index (κ1) is 22.7. The number of hydrogen-bond acceptors (Lipinski definition) is 5. The molecule has 0 saturated carbocycles. The zero-order valence-electron chi connectivity index (χ0n) is 19.1. The van der Waals surface area contributed by atoms with Crippen LogP contribution in [0, 0.1) is 0 Å². The van der Waals surface area contributed by atoms with Gasteiger partial charge in [0.15, 0.2) is 17.5 Å². The summed E-state index contributed by atoms with van der Waals surface area (Å²) in [5.41, 5.74) is 2.36. The Bertz CT molecular complexity index is 847. The van der Waals surface area contributed by atoms with Gasteiger partial charge in [0, 0.05) is 38.8 Å². The SMILES string of the molecule is CN=C(NCc1cc(OC)c(OC)c(OC)c1)NC1CC(C)N(Cc2ccccc2)C1. The molecule has 168 valence electrons. The van der Waals surface area contributed by atoms with E-state index in [1.165, 1.54) is 5.56 Å². The summed E-state index contributed by atoms with van der Waals surface area (Å²) in [6.07, 6.45) is 1.08. The summed E-state index contributed by atoms with van der Waals surface area (Å²) >= 11 is 0. The number of methoxy groups -OCH3 is 3. The van der Waals surface area contributed by atoms with Gasteiger partial charge in [0.1, 0.15) is 0 Å². The minimum absolute atomic E-state index is 0.352. The fourth-order valence-electron chi connectivity index (χ4n) is 4.05. The largest absolute Gasteiger partial charge is 0.493 e. The van der Waals surface area contributed by atoms with Crippen LogP contribution >= 0.6 is 0 Å². The standard InChI is InChI=1S/C24H34N4O3/c1-17-11-20(16-28(17)15-18-9-7-6-8-10-18)27-24(25-2)26-14-19-12-21(29-3)23(31-5)22(13-19)30-4/h6-10,12-13,17,20H,11,14-16H2,1-5H3,(H2,25,26,27). The number of guanidine groups is 1. The van der Waals surface area contributed by atoms with Crippen LogP contribution in [-0.2, 0) is 13.1 Å². The molecule has 0 spiro atoms. The fraction of sp³-hybridized carbons (Fsp3) is 0.458. The molecule has 0 aliphatic carbocycles. The highest BCUT2D eigenvalue weighted by Crippen LogP contribution is 2.38. The molecule has 3 rings (SSSR count). The van der Waals surface area contributed by atoms with E-state index in [9.17, 15) is 0 Å². The second-order valence-corrected chi connectivity index (χ2v) is 7.80. The van der Waals surface area contributed by atoms with Gasteiger partial charge in [0.05, 0.1) is 21.3 Å². The molecule has 0 amide bonds. The van der Waals surface area contributed by atoms with Crippen LogP contribution in [0.2, 0.25) is 0 Å². The van der Waals surface area contributed by atoms with Gasteiger partial charge in [-0.1, -0.05) is 30.3 Å². The molecule has 0 radical (unpaired) electrons. The number of rotatable bonds is 8. The van der Waals surface area contributed by atoms with Gasteiger partial charge in [-0.05, 0) is 36.6 Å². The lowest BCUT2D eigenvalue weighted by Gasteiger charge is -2.21. The van der Waals surface area contributed by atoms with Crippen molar-refractivity contribution in [2.24, 2.45) is 4.99 Å². The Hall–Kier alpha value is -2.93. The van der Waals surface area contributed by atoms with Gasteiger partial charge >= 0.3 is 0 Å². The predicted molar refractivity (Wildman–Crippen MR) is 124 cm³/mol. The molecule has 2 atom stereocenters. The second-order valence-electron chi connectivity index (χ2n) is 7.80. The van der Waals surface area contributed by atoms with Gasteiger partial charge in [-0.3, -0.25) is 9.89 Å². The fourth-order valence-corrected chi connectivity index (χ4v) is 4.05. The highest BCUT2D eigenvalue weighted by Gasteiger charge is 2.29. The third-order valence-corrected chi connectivity index (χ3v) is 5.68. The molecule has 0 bridgehead atoms. The van der Waals surface area contributed by atoms with Crippen LogP contribution in [0.1, 0.15) is 24.5 Å². The lowest BCUT2D eigenvalue weighted by Crippen LogP contribution is -2.44. The van der Waals surface area contributed by atoms with E-state index in [0.717, 1.165) is 31.0 Å². The number of ether oxygens (including phenoxy) is 3. The van der Waals surface area contributed by atoms with Crippen molar-refractivity contribution >= 4 is 5.96 Å². The maximum Gasteiger partial charge on any atom is 0.203 e.